The highest BCUT2D eigenvalue weighted by atomic mass is 16.5. The molecule has 1 N–H and O–H groups in total. The number of hydrogen-bond acceptors (Lipinski definition) is 4. The molecule has 1 aromatic rings. The lowest BCUT2D eigenvalue weighted by atomic mass is 10.1. The van der Waals surface area contributed by atoms with Gasteiger partial charge in [0.2, 0.25) is 0 Å². The Morgan fingerprint density at radius 1 is 1.50 bits per heavy atom. The summed E-state index contributed by atoms with van der Waals surface area (Å²) in [5.41, 5.74) is -0.184. The van der Waals surface area contributed by atoms with Gasteiger partial charge in [-0.25, -0.2) is 4.98 Å². The largest absolute Gasteiger partial charge is 0.378 e. The number of aromatic amines is 1. The van der Waals surface area contributed by atoms with E-state index < -0.39 is 5.60 Å². The van der Waals surface area contributed by atoms with Crippen molar-refractivity contribution in [2.75, 3.05) is 13.7 Å². The molecule has 0 aliphatic rings. The van der Waals surface area contributed by atoms with E-state index in [1.807, 2.05) is 20.8 Å². The van der Waals surface area contributed by atoms with Gasteiger partial charge in [-0.05, 0) is 20.8 Å². The number of H-pyrrole nitrogens is 1. The third-order valence-electron chi connectivity index (χ3n) is 2.16. The van der Waals surface area contributed by atoms with E-state index >= 15 is 0 Å². The van der Waals surface area contributed by atoms with Crippen molar-refractivity contribution in [1.82, 2.24) is 9.97 Å². The molecule has 1 heterocycles. The van der Waals surface area contributed by atoms with Crippen molar-refractivity contribution < 1.29 is 9.47 Å². The van der Waals surface area contributed by atoms with Crippen LogP contribution < -0.4 is 5.56 Å². The molecule has 0 fully saturated rings. The lowest BCUT2D eigenvalue weighted by Gasteiger charge is -2.23. The molecule has 5 nitrogen and oxygen atoms in total. The summed E-state index contributed by atoms with van der Waals surface area (Å²) in [5, 5.41) is 0. The van der Waals surface area contributed by atoms with E-state index in [0.717, 1.165) is 0 Å². The molecular formula is C11H18N2O3. The van der Waals surface area contributed by atoms with E-state index in [0.29, 0.717) is 24.7 Å². The van der Waals surface area contributed by atoms with Crippen molar-refractivity contribution in [3.63, 3.8) is 0 Å². The Morgan fingerprint density at radius 3 is 2.75 bits per heavy atom. The molecule has 16 heavy (non-hydrogen) atoms. The number of ether oxygens (including phenoxy) is 2. The first kappa shape index (κ1) is 12.9. The minimum Gasteiger partial charge on any atom is -0.378 e. The van der Waals surface area contributed by atoms with E-state index in [9.17, 15) is 4.79 Å². The monoisotopic (exact) mass is 226 g/mol. The van der Waals surface area contributed by atoms with Crippen LogP contribution in [0.2, 0.25) is 0 Å². The average molecular weight is 226 g/mol. The van der Waals surface area contributed by atoms with Gasteiger partial charge in [-0.3, -0.25) is 4.79 Å². The minimum atomic E-state index is -0.600. The molecule has 1 aromatic heterocycles. The zero-order valence-electron chi connectivity index (χ0n) is 10.2. The third-order valence-corrected chi connectivity index (χ3v) is 2.16. The normalized spacial score (nSPS) is 11.8. The summed E-state index contributed by atoms with van der Waals surface area (Å²) in [7, 11) is 1.57. The Balaban J connectivity index is 3.08. The molecule has 0 saturated carbocycles. The molecule has 0 unspecified atom stereocenters. The van der Waals surface area contributed by atoms with Crippen LogP contribution in [-0.2, 0) is 21.7 Å². The van der Waals surface area contributed by atoms with Crippen LogP contribution in [0.4, 0.5) is 0 Å². The summed E-state index contributed by atoms with van der Waals surface area (Å²) in [5.74, 6) is 0.522. The number of nitrogens with zero attached hydrogens (tertiary/aromatic N) is 1. The first-order valence-corrected chi connectivity index (χ1v) is 5.23. The van der Waals surface area contributed by atoms with Crippen LogP contribution in [0, 0.1) is 0 Å². The van der Waals surface area contributed by atoms with E-state index in [4.69, 9.17) is 9.47 Å². The summed E-state index contributed by atoms with van der Waals surface area (Å²) in [6, 6.07) is 1.43. The highest BCUT2D eigenvalue weighted by Gasteiger charge is 2.24. The fourth-order valence-electron chi connectivity index (χ4n) is 1.44. The molecule has 0 bridgehead atoms. The molecule has 0 saturated heterocycles. The molecule has 0 spiro atoms. The summed E-state index contributed by atoms with van der Waals surface area (Å²) in [6.45, 7) is 6.51. The van der Waals surface area contributed by atoms with Crippen molar-refractivity contribution in [2.45, 2.75) is 33.0 Å². The predicted octanol–water partition coefficient (Wildman–Crippen LogP) is 1.19. The van der Waals surface area contributed by atoms with Gasteiger partial charge in [0, 0.05) is 19.8 Å². The van der Waals surface area contributed by atoms with Crippen LogP contribution in [0.3, 0.4) is 0 Å². The second-order valence-corrected chi connectivity index (χ2v) is 3.96. The number of methoxy groups -OCH3 is 1. The topological polar surface area (TPSA) is 64.2 Å². The molecule has 1 rings (SSSR count). The molecule has 0 amide bonds. The standard InChI is InChI=1S/C11H18N2O3/c1-5-16-11(2,3)10-12-8(7-15-4)6-9(14)13-10/h6H,5,7H2,1-4H3,(H,12,13,14). The van der Waals surface area contributed by atoms with E-state index in [2.05, 4.69) is 9.97 Å². The fourth-order valence-corrected chi connectivity index (χ4v) is 1.44. The Hall–Kier alpha value is -1.20. The van der Waals surface area contributed by atoms with E-state index in [-0.39, 0.29) is 5.56 Å². The molecule has 0 radical (unpaired) electrons. The van der Waals surface area contributed by atoms with Gasteiger partial charge in [0.15, 0.2) is 0 Å². The van der Waals surface area contributed by atoms with Crippen molar-refractivity contribution in [3.8, 4) is 0 Å². The van der Waals surface area contributed by atoms with Crippen LogP contribution in [0.15, 0.2) is 10.9 Å². The van der Waals surface area contributed by atoms with Crippen LogP contribution >= 0.6 is 0 Å². The summed E-state index contributed by atoms with van der Waals surface area (Å²) < 4.78 is 10.5. The molecular weight excluding hydrogens is 208 g/mol. The van der Waals surface area contributed by atoms with Gasteiger partial charge in [0.25, 0.3) is 5.56 Å². The summed E-state index contributed by atoms with van der Waals surface area (Å²) in [6.07, 6.45) is 0. The first-order valence-electron chi connectivity index (χ1n) is 5.23. The number of aromatic nitrogens is 2. The highest BCUT2D eigenvalue weighted by Crippen LogP contribution is 2.19. The maximum atomic E-state index is 11.4. The number of hydrogen-bond donors (Lipinski definition) is 1. The van der Waals surface area contributed by atoms with Gasteiger partial charge in [-0.1, -0.05) is 0 Å². The quantitative estimate of drug-likeness (QED) is 0.819. The van der Waals surface area contributed by atoms with Crippen LogP contribution in [0.1, 0.15) is 32.3 Å². The SMILES string of the molecule is CCOC(C)(C)c1nc(COC)cc(=O)[nH]1. The fraction of sp³-hybridized carbons (Fsp3) is 0.636. The van der Waals surface area contributed by atoms with E-state index in [1.54, 1.807) is 7.11 Å². The zero-order valence-corrected chi connectivity index (χ0v) is 10.2. The zero-order chi connectivity index (χ0) is 12.2. The van der Waals surface area contributed by atoms with Crippen LogP contribution in [-0.4, -0.2) is 23.7 Å². The lowest BCUT2D eigenvalue weighted by molar-refractivity contribution is -0.0213. The molecule has 0 aliphatic heterocycles. The second-order valence-electron chi connectivity index (χ2n) is 3.96. The van der Waals surface area contributed by atoms with Crippen molar-refractivity contribution >= 4 is 0 Å². The molecule has 90 valence electrons. The minimum absolute atomic E-state index is 0.190. The first-order chi connectivity index (χ1) is 7.49. The molecule has 0 atom stereocenters. The van der Waals surface area contributed by atoms with Gasteiger partial charge in [0.1, 0.15) is 11.4 Å². The highest BCUT2D eigenvalue weighted by molar-refractivity contribution is 5.06. The van der Waals surface area contributed by atoms with Gasteiger partial charge in [0.05, 0.1) is 12.3 Å². The molecule has 5 heteroatoms. The Morgan fingerprint density at radius 2 is 2.19 bits per heavy atom. The van der Waals surface area contributed by atoms with Crippen LogP contribution in [0.25, 0.3) is 0 Å². The Kier molecular flexibility index (Phi) is 4.20. The summed E-state index contributed by atoms with van der Waals surface area (Å²) >= 11 is 0. The molecule has 0 aliphatic carbocycles. The summed E-state index contributed by atoms with van der Waals surface area (Å²) in [4.78, 5) is 18.4. The average Bonchev–Trinajstić information content (AvgIpc) is 2.17. The van der Waals surface area contributed by atoms with Gasteiger partial charge >= 0.3 is 0 Å². The Labute approximate surface area is 94.8 Å². The molecule has 0 aromatic carbocycles. The van der Waals surface area contributed by atoms with Gasteiger partial charge in [-0.2, -0.15) is 0 Å². The van der Waals surface area contributed by atoms with Crippen LogP contribution in [0.5, 0.6) is 0 Å². The van der Waals surface area contributed by atoms with Crippen molar-refractivity contribution in [1.29, 1.82) is 0 Å². The predicted molar refractivity (Wildman–Crippen MR) is 60.2 cm³/mol. The smallest absolute Gasteiger partial charge is 0.251 e. The Bertz CT molecular complexity index is 398. The van der Waals surface area contributed by atoms with Gasteiger partial charge in [-0.15, -0.1) is 0 Å². The van der Waals surface area contributed by atoms with Gasteiger partial charge < -0.3 is 14.5 Å². The number of nitrogens with one attached hydrogen (secondary N) is 1. The lowest BCUT2D eigenvalue weighted by Crippen LogP contribution is -2.28. The third kappa shape index (κ3) is 3.15. The van der Waals surface area contributed by atoms with Crippen molar-refractivity contribution in [3.05, 3.63) is 27.9 Å². The number of rotatable bonds is 5. The maximum Gasteiger partial charge on any atom is 0.251 e. The van der Waals surface area contributed by atoms with Crippen molar-refractivity contribution in [2.24, 2.45) is 0 Å². The van der Waals surface area contributed by atoms with E-state index in [1.165, 1.54) is 6.07 Å². The maximum absolute atomic E-state index is 11.4. The second kappa shape index (κ2) is 5.23.